The normalized spacial score (nSPS) is 38.1. The maximum atomic E-state index is 14.6. The van der Waals surface area contributed by atoms with Crippen LogP contribution in [0.15, 0.2) is 0 Å². The lowest BCUT2D eigenvalue weighted by Gasteiger charge is -2.41. The Labute approximate surface area is 112 Å². The van der Waals surface area contributed by atoms with Gasteiger partial charge < -0.3 is 14.3 Å². The number of rotatable bonds is 3. The zero-order valence-electron chi connectivity index (χ0n) is 12.2. The summed E-state index contributed by atoms with van der Waals surface area (Å²) in [7, 11) is 3.49. The Morgan fingerprint density at radius 3 is 2.33 bits per heavy atom. The molecule has 1 heterocycles. The fourth-order valence-electron chi connectivity index (χ4n) is 1.74. The number of ether oxygens (including phenoxy) is 1. The summed E-state index contributed by atoms with van der Waals surface area (Å²) in [5.41, 5.74) is -1.77. The summed E-state index contributed by atoms with van der Waals surface area (Å²) < 4.78 is 25.9. The van der Waals surface area contributed by atoms with Gasteiger partial charge in [0.05, 0.1) is 12.6 Å². The zero-order valence-corrected chi connectivity index (χ0v) is 13.2. The summed E-state index contributed by atoms with van der Waals surface area (Å²) in [6.07, 6.45) is -1.50. The second-order valence-corrected chi connectivity index (χ2v) is 11.5. The Bertz CT molecular complexity index is 304. The first-order valence-corrected chi connectivity index (χ1v) is 9.23. The Balaban J connectivity index is 2.94. The Morgan fingerprint density at radius 2 is 1.94 bits per heavy atom. The largest absolute Gasteiger partial charge is 0.408 e. The topological polar surface area (TPSA) is 38.7 Å². The summed E-state index contributed by atoms with van der Waals surface area (Å²) in [5.74, 6) is 0. The van der Waals surface area contributed by atoms with Crippen LogP contribution in [0.1, 0.15) is 27.7 Å². The molecule has 0 aromatic heterocycles. The molecule has 0 unspecified atom stereocenters. The van der Waals surface area contributed by atoms with E-state index in [2.05, 4.69) is 20.8 Å². The van der Waals surface area contributed by atoms with Gasteiger partial charge in [-0.15, -0.1) is 0 Å². The molecule has 0 amide bonds. The van der Waals surface area contributed by atoms with Crippen LogP contribution >= 0.6 is 0 Å². The van der Waals surface area contributed by atoms with Crippen LogP contribution in [0.4, 0.5) is 4.39 Å². The van der Waals surface area contributed by atoms with Gasteiger partial charge in [0.15, 0.2) is 14.0 Å². The molecule has 0 spiro atoms. The van der Waals surface area contributed by atoms with E-state index < -0.39 is 32.2 Å². The third-order valence-electron chi connectivity index (χ3n) is 4.18. The molecule has 2 radical (unpaired) electrons. The van der Waals surface area contributed by atoms with Crippen molar-refractivity contribution in [1.82, 2.24) is 0 Å². The first-order chi connectivity index (χ1) is 7.93. The van der Waals surface area contributed by atoms with E-state index in [0.29, 0.717) is 0 Å². The van der Waals surface area contributed by atoms with Crippen molar-refractivity contribution in [1.29, 1.82) is 0 Å². The van der Waals surface area contributed by atoms with Gasteiger partial charge in [-0.05, 0) is 25.1 Å². The molecule has 0 aromatic carbocycles. The monoisotopic (exact) mass is 274 g/mol. The van der Waals surface area contributed by atoms with E-state index in [9.17, 15) is 9.50 Å². The first kappa shape index (κ1) is 16.1. The smallest absolute Gasteiger partial charge is 0.192 e. The van der Waals surface area contributed by atoms with Crippen LogP contribution in [-0.4, -0.2) is 51.8 Å². The summed E-state index contributed by atoms with van der Waals surface area (Å²) in [5, 5.41) is 9.24. The second-order valence-electron chi connectivity index (χ2n) is 6.73. The standard InChI is InChI=1S/C12H24BFO3Si/c1-11(2,3)18(5,6)17-9-8(7-15)16-10(13)12(9,4)14/h8-10,15H,7H2,1-6H3/t8-,9-,10-,12-/m1/s1. The number of alkyl halides is 1. The fraction of sp³-hybridized carbons (Fsp3) is 1.00. The number of aliphatic hydroxyl groups is 1. The van der Waals surface area contributed by atoms with E-state index in [4.69, 9.17) is 17.0 Å². The lowest BCUT2D eigenvalue weighted by molar-refractivity contribution is -0.00489. The minimum atomic E-state index is -2.13. The molecule has 18 heavy (non-hydrogen) atoms. The van der Waals surface area contributed by atoms with Crippen LogP contribution < -0.4 is 0 Å². The van der Waals surface area contributed by atoms with E-state index in [0.717, 1.165) is 0 Å². The number of hydrogen-bond acceptors (Lipinski definition) is 3. The van der Waals surface area contributed by atoms with E-state index >= 15 is 0 Å². The average Bonchev–Trinajstić information content (AvgIpc) is 2.39. The molecule has 0 saturated carbocycles. The third kappa shape index (κ3) is 2.81. The summed E-state index contributed by atoms with van der Waals surface area (Å²) >= 11 is 0. The van der Waals surface area contributed by atoms with Gasteiger partial charge >= 0.3 is 0 Å². The van der Waals surface area contributed by atoms with Crippen molar-refractivity contribution in [2.24, 2.45) is 0 Å². The van der Waals surface area contributed by atoms with Gasteiger partial charge in [-0.3, -0.25) is 0 Å². The lowest BCUT2D eigenvalue weighted by atomic mass is 9.83. The minimum absolute atomic E-state index is 0.0320. The quantitative estimate of drug-likeness (QED) is 0.800. The predicted molar refractivity (Wildman–Crippen MR) is 73.1 cm³/mol. The molecule has 3 nitrogen and oxygen atoms in total. The van der Waals surface area contributed by atoms with E-state index in [1.165, 1.54) is 6.92 Å². The van der Waals surface area contributed by atoms with Gasteiger partial charge in [-0.2, -0.15) is 0 Å². The summed E-state index contributed by atoms with van der Waals surface area (Å²) in [6, 6.07) is -1.05. The van der Waals surface area contributed by atoms with Crippen molar-refractivity contribution >= 4 is 16.2 Å². The molecule has 1 aliphatic heterocycles. The van der Waals surface area contributed by atoms with E-state index in [-0.39, 0.29) is 11.6 Å². The highest BCUT2D eigenvalue weighted by atomic mass is 28.4. The summed E-state index contributed by atoms with van der Waals surface area (Å²) in [4.78, 5) is 0. The van der Waals surface area contributed by atoms with Crippen LogP contribution in [0.3, 0.4) is 0 Å². The van der Waals surface area contributed by atoms with Gasteiger partial charge in [0.25, 0.3) is 0 Å². The van der Waals surface area contributed by atoms with Crippen LogP contribution in [-0.2, 0) is 9.16 Å². The Hall–Kier alpha value is 0.0918. The molecule has 1 saturated heterocycles. The lowest BCUT2D eigenvalue weighted by Crippen LogP contribution is -2.53. The molecule has 1 N–H and O–H groups in total. The highest BCUT2D eigenvalue weighted by Crippen LogP contribution is 2.43. The van der Waals surface area contributed by atoms with Crippen LogP contribution in [0, 0.1) is 0 Å². The van der Waals surface area contributed by atoms with Gasteiger partial charge in [0.2, 0.25) is 0 Å². The molecular formula is C12H24BFO3Si. The Kier molecular flexibility index (Phi) is 4.38. The van der Waals surface area contributed by atoms with Crippen molar-refractivity contribution in [3.05, 3.63) is 0 Å². The molecule has 1 aliphatic rings. The number of aliphatic hydroxyl groups excluding tert-OH is 1. The molecule has 1 fully saturated rings. The summed E-state index contributed by atoms with van der Waals surface area (Å²) in [6.45, 7) is 11.4. The van der Waals surface area contributed by atoms with Crippen LogP contribution in [0.5, 0.6) is 0 Å². The van der Waals surface area contributed by atoms with E-state index in [1.54, 1.807) is 0 Å². The highest BCUT2D eigenvalue weighted by molar-refractivity contribution is 6.74. The number of halogens is 1. The molecular weight excluding hydrogens is 250 g/mol. The first-order valence-electron chi connectivity index (χ1n) is 6.32. The third-order valence-corrected chi connectivity index (χ3v) is 8.64. The molecule has 0 aromatic rings. The average molecular weight is 274 g/mol. The molecule has 6 heteroatoms. The van der Waals surface area contributed by atoms with E-state index in [1.807, 2.05) is 13.1 Å². The van der Waals surface area contributed by atoms with Crippen molar-refractivity contribution in [3.8, 4) is 0 Å². The maximum Gasteiger partial charge on any atom is 0.192 e. The zero-order chi connectivity index (χ0) is 14.4. The van der Waals surface area contributed by atoms with Crippen molar-refractivity contribution in [3.63, 3.8) is 0 Å². The predicted octanol–water partition coefficient (Wildman–Crippen LogP) is 1.99. The Morgan fingerprint density at radius 1 is 1.44 bits per heavy atom. The number of hydrogen-bond donors (Lipinski definition) is 1. The molecule has 0 bridgehead atoms. The van der Waals surface area contributed by atoms with Crippen LogP contribution in [0.25, 0.3) is 0 Å². The van der Waals surface area contributed by atoms with Gasteiger partial charge in [-0.25, -0.2) is 4.39 Å². The van der Waals surface area contributed by atoms with Gasteiger partial charge in [-0.1, -0.05) is 20.8 Å². The fourth-order valence-corrected chi connectivity index (χ4v) is 3.11. The van der Waals surface area contributed by atoms with Crippen molar-refractivity contribution in [2.75, 3.05) is 6.61 Å². The van der Waals surface area contributed by atoms with Gasteiger partial charge in [0, 0.05) is 0 Å². The highest BCUT2D eigenvalue weighted by Gasteiger charge is 2.55. The van der Waals surface area contributed by atoms with Crippen molar-refractivity contribution < 1.29 is 18.7 Å². The molecule has 1 rings (SSSR count). The SMILES string of the molecule is [B][C@@H]1O[C@H](CO)[C@@H](O[Si](C)(C)C(C)(C)C)[C@@]1(C)F. The maximum absolute atomic E-state index is 14.6. The van der Waals surface area contributed by atoms with Crippen molar-refractivity contribution in [2.45, 2.75) is 69.7 Å². The second kappa shape index (κ2) is 4.89. The minimum Gasteiger partial charge on any atom is -0.408 e. The van der Waals surface area contributed by atoms with Gasteiger partial charge in [0.1, 0.15) is 20.1 Å². The molecule has 104 valence electrons. The molecule has 0 aliphatic carbocycles. The molecule has 4 atom stereocenters. The van der Waals surface area contributed by atoms with Crippen LogP contribution in [0.2, 0.25) is 18.1 Å².